The third-order valence-corrected chi connectivity index (χ3v) is 8.46. The topological polar surface area (TPSA) is 106 Å². The standard InChI is InChI=1S/C24H29FN8OS3/c1-23-8-2-3-14(10-23)20(25)17(11-23)32(15-5-6-15)19-12-26-22(28-27-19)16-7-4-13(9-18(16)34)21-29-31-33(30-21)24(35,36)37/h4,7,9,12,14-15,17,20,34-37H,2-3,5-6,8,10-11H2,1H3/t14-,17-,20+,23+/m0/s1. The van der Waals surface area contributed by atoms with Crippen LogP contribution in [0.4, 0.5) is 10.2 Å². The maximum atomic E-state index is 15.7. The zero-order valence-corrected chi connectivity index (χ0v) is 23.0. The molecule has 3 saturated carbocycles. The van der Waals surface area contributed by atoms with Crippen LogP contribution in [0.25, 0.3) is 22.8 Å². The first-order chi connectivity index (χ1) is 17.6. The third-order valence-electron chi connectivity index (χ3n) is 7.92. The Kier molecular flexibility index (Phi) is 6.30. The monoisotopic (exact) mass is 560 g/mol. The minimum atomic E-state index is -1.21. The lowest BCUT2D eigenvalue weighted by Crippen LogP contribution is -2.54. The zero-order chi connectivity index (χ0) is 25.9. The first kappa shape index (κ1) is 25.2. The van der Waals surface area contributed by atoms with Crippen molar-refractivity contribution in [1.82, 2.24) is 35.4 Å². The molecule has 4 atom stereocenters. The number of tetrazole rings is 1. The van der Waals surface area contributed by atoms with Gasteiger partial charge in [0.25, 0.3) is 0 Å². The lowest BCUT2D eigenvalue weighted by Gasteiger charge is -2.51. The fraction of sp³-hybridized carbons (Fsp3) is 0.583. The van der Waals surface area contributed by atoms with Crippen molar-refractivity contribution in [3.8, 4) is 28.5 Å². The summed E-state index contributed by atoms with van der Waals surface area (Å²) in [6.45, 7) is 2.31. The van der Waals surface area contributed by atoms with Crippen molar-refractivity contribution in [2.24, 2.45) is 11.3 Å². The zero-order valence-electron chi connectivity index (χ0n) is 20.3. The smallest absolute Gasteiger partial charge is 0.213 e. The summed E-state index contributed by atoms with van der Waals surface area (Å²) < 4.78 is 14.5. The van der Waals surface area contributed by atoms with Crippen molar-refractivity contribution in [2.75, 3.05) is 4.90 Å². The lowest BCUT2D eigenvalue weighted by molar-refractivity contribution is 0.00942. The number of hydrogen-bond acceptors (Lipinski definition) is 11. The number of anilines is 1. The van der Waals surface area contributed by atoms with Crippen molar-refractivity contribution in [3.05, 3.63) is 24.4 Å². The molecule has 1 N–H and O–H groups in total. The van der Waals surface area contributed by atoms with Crippen LogP contribution in [0.1, 0.15) is 51.9 Å². The van der Waals surface area contributed by atoms with Gasteiger partial charge in [-0.3, -0.25) is 0 Å². The highest BCUT2D eigenvalue weighted by Gasteiger charge is 2.50. The van der Waals surface area contributed by atoms with E-state index in [1.54, 1.807) is 18.3 Å². The van der Waals surface area contributed by atoms with Crippen LogP contribution in [0.5, 0.6) is 5.75 Å². The van der Waals surface area contributed by atoms with Gasteiger partial charge in [-0.05, 0) is 67.2 Å². The molecular formula is C24H29FN8OS3. The van der Waals surface area contributed by atoms with Gasteiger partial charge in [0.1, 0.15) is 11.9 Å². The van der Waals surface area contributed by atoms with Crippen LogP contribution in [0.2, 0.25) is 0 Å². The average Bonchev–Trinajstić information content (AvgIpc) is 3.55. The van der Waals surface area contributed by atoms with E-state index < -0.39 is 9.71 Å². The van der Waals surface area contributed by atoms with Crippen molar-refractivity contribution in [2.45, 2.75) is 73.7 Å². The molecule has 196 valence electrons. The predicted molar refractivity (Wildman–Crippen MR) is 148 cm³/mol. The van der Waals surface area contributed by atoms with Crippen LogP contribution in [0.15, 0.2) is 24.4 Å². The summed E-state index contributed by atoms with van der Waals surface area (Å²) >= 11 is 12.5. The quantitative estimate of drug-likeness (QED) is 0.258. The van der Waals surface area contributed by atoms with E-state index in [2.05, 4.69) is 80.3 Å². The molecule has 3 aromatic rings. The summed E-state index contributed by atoms with van der Waals surface area (Å²) in [5, 5.41) is 31.6. The largest absolute Gasteiger partial charge is 0.507 e. The number of fused-ring (bicyclic) bond motifs is 2. The molecule has 9 nitrogen and oxygen atoms in total. The highest BCUT2D eigenvalue weighted by molar-refractivity contribution is 8.15. The van der Waals surface area contributed by atoms with Crippen LogP contribution >= 0.6 is 37.9 Å². The van der Waals surface area contributed by atoms with Gasteiger partial charge in [-0.1, -0.05) is 19.4 Å². The second-order valence-electron chi connectivity index (χ2n) is 10.9. The first-order valence-electron chi connectivity index (χ1n) is 12.5. The fourth-order valence-corrected chi connectivity index (χ4v) is 6.33. The number of thiol groups is 3. The van der Waals surface area contributed by atoms with Gasteiger partial charge >= 0.3 is 0 Å². The molecule has 0 unspecified atom stereocenters. The third kappa shape index (κ3) is 4.89. The average molecular weight is 561 g/mol. The Morgan fingerprint density at radius 1 is 1.11 bits per heavy atom. The predicted octanol–water partition coefficient (Wildman–Crippen LogP) is 4.53. The number of alkyl halides is 1. The van der Waals surface area contributed by atoms with Crippen LogP contribution in [-0.4, -0.2) is 58.8 Å². The van der Waals surface area contributed by atoms with E-state index in [0.717, 1.165) is 49.7 Å². The van der Waals surface area contributed by atoms with Gasteiger partial charge < -0.3 is 10.0 Å². The summed E-state index contributed by atoms with van der Waals surface area (Å²) in [6, 6.07) is 5.01. The molecule has 3 aliphatic carbocycles. The summed E-state index contributed by atoms with van der Waals surface area (Å²) in [5.74, 6) is 1.24. The molecule has 37 heavy (non-hydrogen) atoms. The molecule has 2 aromatic heterocycles. The summed E-state index contributed by atoms with van der Waals surface area (Å²) in [6.07, 6.45) is 7.91. The van der Waals surface area contributed by atoms with Gasteiger partial charge in [-0.25, -0.2) is 9.37 Å². The Labute approximate surface area is 230 Å². The normalized spacial score (nSPS) is 27.8. The molecule has 2 heterocycles. The first-order valence-corrected chi connectivity index (χ1v) is 13.9. The molecule has 2 bridgehead atoms. The van der Waals surface area contributed by atoms with Gasteiger partial charge in [0.15, 0.2) is 11.6 Å². The summed E-state index contributed by atoms with van der Waals surface area (Å²) in [4.78, 5) is 7.80. The van der Waals surface area contributed by atoms with E-state index in [4.69, 9.17) is 0 Å². The molecule has 1 aromatic carbocycles. The number of hydrogen-bond donors (Lipinski definition) is 4. The van der Waals surface area contributed by atoms with Crippen LogP contribution < -0.4 is 4.90 Å². The van der Waals surface area contributed by atoms with Gasteiger partial charge in [-0.2, -0.15) is 0 Å². The van der Waals surface area contributed by atoms with Gasteiger partial charge in [0.05, 0.1) is 17.8 Å². The van der Waals surface area contributed by atoms with Gasteiger partial charge in [0, 0.05) is 11.6 Å². The Morgan fingerprint density at radius 3 is 2.57 bits per heavy atom. The van der Waals surface area contributed by atoms with E-state index in [-0.39, 0.29) is 40.8 Å². The number of aromatic nitrogens is 7. The molecular weight excluding hydrogens is 532 g/mol. The van der Waals surface area contributed by atoms with Crippen LogP contribution in [0, 0.1) is 11.3 Å². The molecule has 0 spiro atoms. The molecule has 3 fully saturated rings. The Morgan fingerprint density at radius 2 is 1.92 bits per heavy atom. The summed E-state index contributed by atoms with van der Waals surface area (Å²) in [7, 11) is 0. The molecule has 13 heteroatoms. The van der Waals surface area contributed by atoms with E-state index in [1.807, 2.05) is 0 Å². The van der Waals surface area contributed by atoms with Gasteiger partial charge in [-0.15, -0.1) is 63.1 Å². The van der Waals surface area contributed by atoms with Gasteiger partial charge in [0.2, 0.25) is 9.36 Å². The van der Waals surface area contributed by atoms with E-state index >= 15 is 4.39 Å². The highest BCUT2D eigenvalue weighted by atomic mass is 32.2. The molecule has 3 aliphatic rings. The second-order valence-corrected chi connectivity index (χ2v) is 13.9. The van der Waals surface area contributed by atoms with E-state index in [9.17, 15) is 5.11 Å². The molecule has 6 rings (SSSR count). The fourth-order valence-electron chi connectivity index (χ4n) is 6.08. The van der Waals surface area contributed by atoms with E-state index in [1.165, 1.54) is 6.07 Å². The number of phenols is 1. The number of halogens is 1. The number of phenolic OH excluding ortho intramolecular Hbond substituents is 1. The maximum Gasteiger partial charge on any atom is 0.213 e. The molecule has 0 radical (unpaired) electrons. The van der Waals surface area contributed by atoms with Crippen molar-refractivity contribution < 1.29 is 9.50 Å². The highest BCUT2D eigenvalue weighted by Crippen LogP contribution is 2.52. The lowest BCUT2D eigenvalue weighted by atomic mass is 9.60. The minimum absolute atomic E-state index is 0.0480. The van der Waals surface area contributed by atoms with Crippen molar-refractivity contribution >= 4 is 43.7 Å². The molecule has 0 aliphatic heterocycles. The Hall–Kier alpha value is -2.12. The second kappa shape index (κ2) is 9.26. The van der Waals surface area contributed by atoms with Crippen LogP contribution in [-0.2, 0) is 3.54 Å². The van der Waals surface area contributed by atoms with Crippen molar-refractivity contribution in [1.29, 1.82) is 0 Å². The molecule has 0 amide bonds. The van der Waals surface area contributed by atoms with Crippen LogP contribution in [0.3, 0.4) is 0 Å². The van der Waals surface area contributed by atoms with Crippen molar-refractivity contribution in [3.63, 3.8) is 0 Å². The molecule has 0 saturated heterocycles. The Balaban J connectivity index is 1.25. The number of nitrogens with zero attached hydrogens (tertiary/aromatic N) is 8. The Bertz CT molecular complexity index is 1300. The minimum Gasteiger partial charge on any atom is -0.507 e. The number of aromatic hydroxyl groups is 1. The number of rotatable bonds is 6. The maximum absolute atomic E-state index is 15.7. The SMILES string of the molecule is C[C@@]12CCC[C@@H](C1)[C@@H](F)[C@@H](N(c1cnc(-c3ccc(-c4nnn(C(S)(S)S)n4)cc3O)nn1)C1CC1)C2. The van der Waals surface area contributed by atoms with E-state index in [0.29, 0.717) is 16.9 Å². The summed E-state index contributed by atoms with van der Waals surface area (Å²) in [5.41, 5.74) is 1.15. The number of benzene rings is 1.